The molecule has 1 aliphatic carbocycles. The summed E-state index contributed by atoms with van der Waals surface area (Å²) in [5, 5.41) is 9.07. The van der Waals surface area contributed by atoms with Gasteiger partial charge >= 0.3 is 0 Å². The fourth-order valence-electron chi connectivity index (χ4n) is 2.19. The van der Waals surface area contributed by atoms with Gasteiger partial charge in [-0.05, 0) is 32.1 Å². The minimum Gasteiger partial charge on any atom is -0.393 e. The van der Waals surface area contributed by atoms with Gasteiger partial charge < -0.3 is 9.84 Å². The first kappa shape index (κ1) is 8.27. The third kappa shape index (κ3) is 1.10. The molecule has 0 amide bonds. The molecule has 0 bridgehead atoms. The molecule has 0 aromatic heterocycles. The number of epoxide rings is 1. The fourth-order valence-corrected chi connectivity index (χ4v) is 2.19. The predicted octanol–water partition coefficient (Wildman–Crippen LogP) is 1.49. The van der Waals surface area contributed by atoms with Crippen LogP contribution in [0.4, 0.5) is 0 Å². The van der Waals surface area contributed by atoms with Crippen LogP contribution in [0.15, 0.2) is 12.2 Å². The normalized spacial score (nSPS) is 45.2. The SMILES string of the molecule is C=C(C)[C@H]1CC[C@]2(CO)O[C@H]2C1. The topological polar surface area (TPSA) is 32.8 Å². The van der Waals surface area contributed by atoms with Crippen LogP contribution >= 0.6 is 0 Å². The van der Waals surface area contributed by atoms with Crippen LogP contribution < -0.4 is 0 Å². The molecule has 68 valence electrons. The van der Waals surface area contributed by atoms with Crippen molar-refractivity contribution in [1.82, 2.24) is 0 Å². The molecule has 2 nitrogen and oxygen atoms in total. The summed E-state index contributed by atoms with van der Waals surface area (Å²) in [6.45, 7) is 6.24. The molecule has 0 radical (unpaired) electrons. The Balaban J connectivity index is 1.96. The van der Waals surface area contributed by atoms with Gasteiger partial charge in [0.15, 0.2) is 0 Å². The molecule has 2 heteroatoms. The van der Waals surface area contributed by atoms with Gasteiger partial charge in [-0.15, -0.1) is 0 Å². The van der Waals surface area contributed by atoms with Crippen molar-refractivity contribution in [2.45, 2.75) is 37.9 Å². The second kappa shape index (κ2) is 2.57. The summed E-state index contributed by atoms with van der Waals surface area (Å²) in [5.74, 6) is 0.622. The average Bonchev–Trinajstić information content (AvgIpc) is 2.77. The molecule has 0 aromatic carbocycles. The van der Waals surface area contributed by atoms with Gasteiger partial charge in [-0.25, -0.2) is 0 Å². The van der Waals surface area contributed by atoms with E-state index in [9.17, 15) is 0 Å². The zero-order valence-electron chi connectivity index (χ0n) is 7.55. The molecule has 0 unspecified atom stereocenters. The van der Waals surface area contributed by atoms with Gasteiger partial charge in [0.1, 0.15) is 5.60 Å². The van der Waals surface area contributed by atoms with Crippen molar-refractivity contribution in [3.05, 3.63) is 12.2 Å². The van der Waals surface area contributed by atoms with E-state index in [1.165, 1.54) is 5.57 Å². The standard InChI is InChI=1S/C10H16O2/c1-7(2)8-3-4-10(6-11)9(5-8)12-10/h8-9,11H,1,3-6H2,2H3/t8-,9-,10+/m0/s1. The lowest BCUT2D eigenvalue weighted by atomic mass is 9.79. The number of ether oxygens (including phenoxy) is 1. The van der Waals surface area contributed by atoms with E-state index in [0.717, 1.165) is 19.3 Å². The molecule has 1 N–H and O–H groups in total. The van der Waals surface area contributed by atoms with Gasteiger partial charge in [0.25, 0.3) is 0 Å². The highest BCUT2D eigenvalue weighted by Gasteiger charge is 2.58. The first-order valence-electron chi connectivity index (χ1n) is 4.62. The van der Waals surface area contributed by atoms with Crippen LogP contribution in [0.5, 0.6) is 0 Å². The monoisotopic (exact) mass is 168 g/mol. The molecule has 2 rings (SSSR count). The highest BCUT2D eigenvalue weighted by molar-refractivity contribution is 5.11. The van der Waals surface area contributed by atoms with Crippen molar-refractivity contribution in [2.24, 2.45) is 5.92 Å². The first-order chi connectivity index (χ1) is 5.68. The summed E-state index contributed by atoms with van der Waals surface area (Å²) >= 11 is 0. The molecule has 1 saturated heterocycles. The van der Waals surface area contributed by atoms with Gasteiger partial charge in [-0.2, -0.15) is 0 Å². The van der Waals surface area contributed by atoms with E-state index >= 15 is 0 Å². The maximum atomic E-state index is 9.07. The molecule has 2 fully saturated rings. The number of aliphatic hydroxyl groups excluding tert-OH is 1. The summed E-state index contributed by atoms with van der Waals surface area (Å²) < 4.78 is 5.50. The van der Waals surface area contributed by atoms with E-state index in [2.05, 4.69) is 13.5 Å². The van der Waals surface area contributed by atoms with Crippen molar-refractivity contribution in [1.29, 1.82) is 0 Å². The van der Waals surface area contributed by atoms with Gasteiger partial charge in [0, 0.05) is 0 Å². The molecule has 0 aromatic rings. The van der Waals surface area contributed by atoms with E-state index in [4.69, 9.17) is 9.84 Å². The van der Waals surface area contributed by atoms with Crippen molar-refractivity contribution < 1.29 is 9.84 Å². The van der Waals surface area contributed by atoms with Crippen LogP contribution in [0.2, 0.25) is 0 Å². The third-order valence-corrected chi connectivity index (χ3v) is 3.29. The van der Waals surface area contributed by atoms with Crippen molar-refractivity contribution in [2.75, 3.05) is 6.61 Å². The Labute approximate surface area is 73.2 Å². The quantitative estimate of drug-likeness (QED) is 0.500. The minimum atomic E-state index is -0.133. The smallest absolute Gasteiger partial charge is 0.118 e. The Morgan fingerprint density at radius 1 is 1.75 bits per heavy atom. The van der Waals surface area contributed by atoms with E-state index in [0.29, 0.717) is 12.0 Å². The Kier molecular flexibility index (Phi) is 1.77. The molecule has 1 aliphatic heterocycles. The number of aliphatic hydroxyl groups is 1. The molecule has 1 saturated carbocycles. The Morgan fingerprint density at radius 2 is 2.50 bits per heavy atom. The third-order valence-electron chi connectivity index (χ3n) is 3.29. The zero-order valence-corrected chi connectivity index (χ0v) is 7.55. The molecule has 12 heavy (non-hydrogen) atoms. The lowest BCUT2D eigenvalue weighted by Crippen LogP contribution is -2.27. The van der Waals surface area contributed by atoms with Gasteiger partial charge in [-0.1, -0.05) is 12.2 Å². The molecule has 1 heterocycles. The van der Waals surface area contributed by atoms with Crippen molar-refractivity contribution in [3.63, 3.8) is 0 Å². The van der Waals surface area contributed by atoms with Crippen LogP contribution in [-0.2, 0) is 4.74 Å². The van der Waals surface area contributed by atoms with Crippen molar-refractivity contribution >= 4 is 0 Å². The number of rotatable bonds is 2. The number of fused-ring (bicyclic) bond motifs is 1. The predicted molar refractivity (Wildman–Crippen MR) is 46.8 cm³/mol. The Hall–Kier alpha value is -0.340. The van der Waals surface area contributed by atoms with Gasteiger partial charge in [-0.3, -0.25) is 0 Å². The van der Waals surface area contributed by atoms with Gasteiger partial charge in [0.2, 0.25) is 0 Å². The maximum Gasteiger partial charge on any atom is 0.118 e. The molecular weight excluding hydrogens is 152 g/mol. The average molecular weight is 168 g/mol. The summed E-state index contributed by atoms with van der Waals surface area (Å²) in [7, 11) is 0. The number of hydrogen-bond acceptors (Lipinski definition) is 2. The van der Waals surface area contributed by atoms with Gasteiger partial charge in [0.05, 0.1) is 12.7 Å². The second-order valence-electron chi connectivity index (χ2n) is 4.15. The van der Waals surface area contributed by atoms with Crippen LogP contribution in [-0.4, -0.2) is 23.4 Å². The summed E-state index contributed by atoms with van der Waals surface area (Å²) in [6.07, 6.45) is 3.52. The van der Waals surface area contributed by atoms with Crippen molar-refractivity contribution in [3.8, 4) is 0 Å². The van der Waals surface area contributed by atoms with E-state index in [1.807, 2.05) is 0 Å². The summed E-state index contributed by atoms with van der Waals surface area (Å²) in [5.41, 5.74) is 1.13. The van der Waals surface area contributed by atoms with Crippen LogP contribution in [0.25, 0.3) is 0 Å². The van der Waals surface area contributed by atoms with Crippen LogP contribution in [0.1, 0.15) is 26.2 Å². The zero-order chi connectivity index (χ0) is 8.77. The highest BCUT2D eigenvalue weighted by Crippen LogP contribution is 2.50. The largest absolute Gasteiger partial charge is 0.393 e. The summed E-state index contributed by atoms with van der Waals surface area (Å²) in [4.78, 5) is 0. The molecular formula is C10H16O2. The Bertz CT molecular complexity index is 212. The minimum absolute atomic E-state index is 0.133. The molecule has 0 spiro atoms. The second-order valence-corrected chi connectivity index (χ2v) is 4.15. The first-order valence-corrected chi connectivity index (χ1v) is 4.62. The highest BCUT2D eigenvalue weighted by atomic mass is 16.6. The lowest BCUT2D eigenvalue weighted by Gasteiger charge is -2.23. The Morgan fingerprint density at radius 3 is 3.00 bits per heavy atom. The lowest BCUT2D eigenvalue weighted by molar-refractivity contribution is 0.160. The van der Waals surface area contributed by atoms with E-state index in [1.54, 1.807) is 0 Å². The summed E-state index contributed by atoms with van der Waals surface area (Å²) in [6, 6.07) is 0. The fraction of sp³-hybridized carbons (Fsp3) is 0.800. The number of allylic oxidation sites excluding steroid dienone is 1. The molecule has 2 aliphatic rings. The molecule has 3 atom stereocenters. The maximum absolute atomic E-state index is 9.07. The van der Waals surface area contributed by atoms with Crippen LogP contribution in [0, 0.1) is 5.92 Å². The van der Waals surface area contributed by atoms with Crippen LogP contribution in [0.3, 0.4) is 0 Å². The van der Waals surface area contributed by atoms with E-state index < -0.39 is 0 Å². The van der Waals surface area contributed by atoms with E-state index in [-0.39, 0.29) is 12.2 Å². The number of hydrogen-bond donors (Lipinski definition) is 1.